The second-order valence-corrected chi connectivity index (χ2v) is 5.83. The lowest BCUT2D eigenvalue weighted by Gasteiger charge is -2.10. The van der Waals surface area contributed by atoms with Gasteiger partial charge in [-0.15, -0.1) is 0 Å². The van der Waals surface area contributed by atoms with Crippen molar-refractivity contribution in [1.29, 1.82) is 0 Å². The molecule has 20 heavy (non-hydrogen) atoms. The zero-order valence-corrected chi connectivity index (χ0v) is 12.5. The first-order valence-electron chi connectivity index (χ1n) is 7.17. The summed E-state index contributed by atoms with van der Waals surface area (Å²) in [6.07, 6.45) is 7.39. The summed E-state index contributed by atoms with van der Waals surface area (Å²) in [5, 5.41) is 0. The average Bonchev–Trinajstić information content (AvgIpc) is 2.95. The first-order chi connectivity index (χ1) is 9.78. The van der Waals surface area contributed by atoms with Crippen molar-refractivity contribution in [3.63, 3.8) is 0 Å². The zero-order chi connectivity index (χ0) is 13.9. The van der Waals surface area contributed by atoms with Crippen LogP contribution >= 0.6 is 12.2 Å². The number of rotatable bonds is 4. The molecule has 0 radical (unpaired) electrons. The zero-order valence-electron chi connectivity index (χ0n) is 11.7. The molecule has 0 aliphatic heterocycles. The van der Waals surface area contributed by atoms with Crippen LogP contribution in [0.15, 0.2) is 48.5 Å². The molecule has 0 bridgehead atoms. The monoisotopic (exact) mass is 278 g/mol. The first-order valence-corrected chi connectivity index (χ1v) is 7.58. The Morgan fingerprint density at radius 1 is 1.15 bits per heavy atom. The Labute approximate surface area is 126 Å². The standard InChI is InChI=1S/C19H18S/c1-2-17(20)13-14-6-3-9-16(12-14)19-11-5-8-15-7-4-10-18(15)19/h3-9,11-12H,2,10,13H2,1H3. The third kappa shape index (κ3) is 2.59. The van der Waals surface area contributed by atoms with E-state index in [0.29, 0.717) is 0 Å². The van der Waals surface area contributed by atoms with Crippen LogP contribution in [0.3, 0.4) is 0 Å². The number of thiocarbonyl (C=S) groups is 1. The third-order valence-electron chi connectivity index (χ3n) is 3.87. The van der Waals surface area contributed by atoms with Crippen molar-refractivity contribution in [2.75, 3.05) is 0 Å². The van der Waals surface area contributed by atoms with Gasteiger partial charge in [0.1, 0.15) is 0 Å². The lowest BCUT2D eigenvalue weighted by atomic mass is 9.94. The minimum absolute atomic E-state index is 0.910. The molecule has 100 valence electrons. The first kappa shape index (κ1) is 13.3. The van der Waals surface area contributed by atoms with Gasteiger partial charge in [0, 0.05) is 6.42 Å². The van der Waals surface area contributed by atoms with Gasteiger partial charge in [-0.25, -0.2) is 0 Å². The smallest absolute Gasteiger partial charge is 0.00383 e. The molecule has 0 fully saturated rings. The predicted molar refractivity (Wildman–Crippen MR) is 91.2 cm³/mol. The summed E-state index contributed by atoms with van der Waals surface area (Å²) in [6, 6.07) is 15.4. The number of hydrogen-bond acceptors (Lipinski definition) is 1. The van der Waals surface area contributed by atoms with E-state index in [4.69, 9.17) is 12.2 Å². The van der Waals surface area contributed by atoms with Crippen LogP contribution < -0.4 is 0 Å². The van der Waals surface area contributed by atoms with E-state index in [1.54, 1.807) is 0 Å². The lowest BCUT2D eigenvalue weighted by Crippen LogP contribution is -1.98. The van der Waals surface area contributed by atoms with Crippen LogP contribution in [0.2, 0.25) is 0 Å². The summed E-state index contributed by atoms with van der Waals surface area (Å²) in [5.41, 5.74) is 6.79. The predicted octanol–water partition coefficient (Wildman–Crippen LogP) is 5.25. The topological polar surface area (TPSA) is 0 Å². The van der Waals surface area contributed by atoms with Gasteiger partial charge in [-0.2, -0.15) is 0 Å². The van der Waals surface area contributed by atoms with Gasteiger partial charge in [-0.3, -0.25) is 0 Å². The van der Waals surface area contributed by atoms with Gasteiger partial charge in [-0.05, 0) is 45.5 Å². The normalized spacial score (nSPS) is 12.4. The molecular formula is C19H18S. The molecule has 0 N–H and O–H groups in total. The fourth-order valence-corrected chi connectivity index (χ4v) is 2.93. The summed E-state index contributed by atoms with van der Waals surface area (Å²) < 4.78 is 0. The van der Waals surface area contributed by atoms with Gasteiger partial charge in [0.25, 0.3) is 0 Å². The molecule has 0 nitrogen and oxygen atoms in total. The molecule has 0 spiro atoms. The van der Waals surface area contributed by atoms with Gasteiger partial charge in [0.15, 0.2) is 0 Å². The molecule has 2 aromatic carbocycles. The van der Waals surface area contributed by atoms with Crippen LogP contribution in [0.5, 0.6) is 0 Å². The van der Waals surface area contributed by atoms with Crippen molar-refractivity contribution in [2.24, 2.45) is 0 Å². The molecule has 0 saturated carbocycles. The van der Waals surface area contributed by atoms with Crippen molar-refractivity contribution in [3.05, 3.63) is 65.2 Å². The molecule has 0 amide bonds. The Morgan fingerprint density at radius 2 is 2.00 bits per heavy atom. The molecule has 1 aliphatic carbocycles. The summed E-state index contributed by atoms with van der Waals surface area (Å²) >= 11 is 5.37. The van der Waals surface area contributed by atoms with Crippen LogP contribution in [0.1, 0.15) is 30.0 Å². The Hall–Kier alpha value is -1.73. The Bertz CT molecular complexity index is 680. The molecule has 2 aromatic rings. The van der Waals surface area contributed by atoms with Gasteiger partial charge in [0.2, 0.25) is 0 Å². The largest absolute Gasteiger partial charge is 0.0893 e. The van der Waals surface area contributed by atoms with Crippen LogP contribution in [0.25, 0.3) is 17.2 Å². The van der Waals surface area contributed by atoms with Gasteiger partial charge in [-0.1, -0.05) is 73.8 Å². The minimum atomic E-state index is 0.910. The fraction of sp³-hybridized carbons (Fsp3) is 0.211. The Balaban J connectivity index is 1.97. The highest BCUT2D eigenvalue weighted by Crippen LogP contribution is 2.31. The molecule has 3 rings (SSSR count). The van der Waals surface area contributed by atoms with Crippen molar-refractivity contribution in [2.45, 2.75) is 26.2 Å². The molecule has 1 aliphatic rings. The number of fused-ring (bicyclic) bond motifs is 1. The van der Waals surface area contributed by atoms with E-state index in [1.165, 1.54) is 27.8 Å². The van der Waals surface area contributed by atoms with Gasteiger partial charge in [0.05, 0.1) is 0 Å². The SMILES string of the molecule is CCC(=S)Cc1cccc(-c2cccc3c2CC=C3)c1. The minimum Gasteiger partial charge on any atom is -0.0893 e. The van der Waals surface area contributed by atoms with E-state index in [1.807, 2.05) is 0 Å². The number of allylic oxidation sites excluding steroid dienone is 1. The number of hydrogen-bond donors (Lipinski definition) is 0. The van der Waals surface area contributed by atoms with Crippen molar-refractivity contribution in [1.82, 2.24) is 0 Å². The summed E-state index contributed by atoms with van der Waals surface area (Å²) in [4.78, 5) is 1.13. The van der Waals surface area contributed by atoms with Crippen molar-refractivity contribution in [3.8, 4) is 11.1 Å². The Morgan fingerprint density at radius 3 is 2.85 bits per heavy atom. The quantitative estimate of drug-likeness (QED) is 0.689. The van der Waals surface area contributed by atoms with Crippen molar-refractivity contribution < 1.29 is 0 Å². The maximum atomic E-state index is 5.37. The van der Waals surface area contributed by atoms with Crippen LogP contribution in [-0.2, 0) is 12.8 Å². The van der Waals surface area contributed by atoms with E-state index < -0.39 is 0 Å². The van der Waals surface area contributed by atoms with E-state index in [9.17, 15) is 0 Å². The second-order valence-electron chi connectivity index (χ2n) is 5.25. The van der Waals surface area contributed by atoms with Gasteiger partial charge >= 0.3 is 0 Å². The van der Waals surface area contributed by atoms with E-state index in [-0.39, 0.29) is 0 Å². The average molecular weight is 278 g/mol. The third-order valence-corrected chi connectivity index (χ3v) is 4.30. The molecule has 0 atom stereocenters. The molecule has 0 heterocycles. The maximum absolute atomic E-state index is 5.37. The summed E-state index contributed by atoms with van der Waals surface area (Å²) in [5.74, 6) is 0. The highest BCUT2D eigenvalue weighted by Gasteiger charge is 2.11. The summed E-state index contributed by atoms with van der Waals surface area (Å²) in [7, 11) is 0. The lowest BCUT2D eigenvalue weighted by molar-refractivity contribution is 1.22. The second kappa shape index (κ2) is 5.72. The highest BCUT2D eigenvalue weighted by atomic mass is 32.1. The van der Waals surface area contributed by atoms with Crippen LogP contribution in [0.4, 0.5) is 0 Å². The maximum Gasteiger partial charge on any atom is 0.00383 e. The highest BCUT2D eigenvalue weighted by molar-refractivity contribution is 7.80. The molecule has 0 saturated heterocycles. The number of benzene rings is 2. The Kier molecular flexibility index (Phi) is 3.79. The van der Waals surface area contributed by atoms with Gasteiger partial charge < -0.3 is 0 Å². The van der Waals surface area contributed by atoms with E-state index in [0.717, 1.165) is 24.1 Å². The molecule has 0 unspecified atom stereocenters. The van der Waals surface area contributed by atoms with Crippen LogP contribution in [0, 0.1) is 0 Å². The molecule has 0 aromatic heterocycles. The summed E-state index contributed by atoms with van der Waals surface area (Å²) in [6.45, 7) is 2.13. The van der Waals surface area contributed by atoms with E-state index >= 15 is 0 Å². The van der Waals surface area contributed by atoms with Crippen molar-refractivity contribution >= 4 is 23.2 Å². The fourth-order valence-electron chi connectivity index (χ4n) is 2.76. The van der Waals surface area contributed by atoms with E-state index in [2.05, 4.69) is 61.5 Å². The molecule has 1 heteroatoms. The van der Waals surface area contributed by atoms with Crippen LogP contribution in [-0.4, -0.2) is 4.86 Å². The molecular weight excluding hydrogens is 260 g/mol.